The molecule has 36 heavy (non-hydrogen) atoms. The van der Waals surface area contributed by atoms with Gasteiger partial charge in [-0.15, -0.1) is 0 Å². The molecule has 0 aliphatic heterocycles. The number of amides is 2. The molecule has 2 aromatic carbocycles. The van der Waals surface area contributed by atoms with E-state index in [1.807, 2.05) is 18.2 Å². The van der Waals surface area contributed by atoms with Crippen molar-refractivity contribution in [2.24, 2.45) is 5.92 Å². The van der Waals surface area contributed by atoms with Gasteiger partial charge in [0.25, 0.3) is 0 Å². The predicted octanol–water partition coefficient (Wildman–Crippen LogP) is 5.32. The van der Waals surface area contributed by atoms with Crippen LogP contribution in [0.15, 0.2) is 79.1 Å². The molecule has 1 aliphatic rings. The fraction of sp³-hybridized carbons (Fsp3) is 0.300. The molecular weight excluding hydrogens is 448 g/mol. The molecule has 3 N–H and O–H groups in total. The van der Waals surface area contributed by atoms with E-state index in [0.29, 0.717) is 12.5 Å². The number of carbonyl (C=O) groups is 2. The van der Waals surface area contributed by atoms with Crippen LogP contribution < -0.4 is 10.6 Å². The van der Waals surface area contributed by atoms with Crippen LogP contribution in [0.1, 0.15) is 49.8 Å². The largest absolute Gasteiger partial charge is 0.357 e. The van der Waals surface area contributed by atoms with Gasteiger partial charge in [0, 0.05) is 34.9 Å². The van der Waals surface area contributed by atoms with Gasteiger partial charge in [0.2, 0.25) is 11.8 Å². The van der Waals surface area contributed by atoms with Crippen LogP contribution in [0.3, 0.4) is 0 Å². The Labute approximate surface area is 211 Å². The first-order valence-electron chi connectivity index (χ1n) is 12.7. The minimum Gasteiger partial charge on any atom is -0.357 e. The van der Waals surface area contributed by atoms with Crippen molar-refractivity contribution < 1.29 is 9.59 Å². The Balaban J connectivity index is 1.13. The Bertz CT molecular complexity index is 1300. The van der Waals surface area contributed by atoms with Gasteiger partial charge in [-0.1, -0.05) is 61.0 Å². The Kier molecular flexibility index (Phi) is 7.12. The Morgan fingerprint density at radius 2 is 1.81 bits per heavy atom. The molecule has 4 aromatic rings. The lowest BCUT2D eigenvalue weighted by atomic mass is 9.77. The summed E-state index contributed by atoms with van der Waals surface area (Å²) in [6.45, 7) is 2.11. The Morgan fingerprint density at radius 3 is 2.58 bits per heavy atom. The molecule has 0 radical (unpaired) electrons. The van der Waals surface area contributed by atoms with Crippen molar-refractivity contribution in [2.45, 2.75) is 51.1 Å². The maximum atomic E-state index is 13.0. The Morgan fingerprint density at radius 1 is 1.03 bits per heavy atom. The van der Waals surface area contributed by atoms with E-state index in [1.165, 1.54) is 16.7 Å². The molecule has 2 amide bonds. The van der Waals surface area contributed by atoms with Gasteiger partial charge in [0.15, 0.2) is 0 Å². The number of fused-ring (bicyclic) bond motifs is 1. The number of pyridine rings is 1. The highest BCUT2D eigenvalue weighted by Crippen LogP contribution is 2.37. The van der Waals surface area contributed by atoms with Gasteiger partial charge in [-0.2, -0.15) is 0 Å². The molecule has 184 valence electrons. The molecule has 1 saturated carbocycles. The second-order valence-electron chi connectivity index (χ2n) is 9.75. The van der Waals surface area contributed by atoms with Crippen molar-refractivity contribution in [2.75, 3.05) is 0 Å². The number of aromatic amines is 1. The predicted molar refractivity (Wildman–Crippen MR) is 142 cm³/mol. The number of rotatable bonds is 7. The van der Waals surface area contributed by atoms with Crippen LogP contribution in [0.4, 0.5) is 0 Å². The van der Waals surface area contributed by atoms with E-state index >= 15 is 0 Å². The zero-order valence-electron chi connectivity index (χ0n) is 20.5. The van der Waals surface area contributed by atoms with E-state index < -0.39 is 6.04 Å². The van der Waals surface area contributed by atoms with E-state index in [9.17, 15) is 9.59 Å². The van der Waals surface area contributed by atoms with Crippen LogP contribution in [0.2, 0.25) is 0 Å². The first kappa shape index (κ1) is 23.8. The van der Waals surface area contributed by atoms with E-state index in [2.05, 4.69) is 69.1 Å². The van der Waals surface area contributed by atoms with Crippen molar-refractivity contribution in [1.29, 1.82) is 0 Å². The van der Waals surface area contributed by atoms with Crippen LogP contribution in [-0.2, 0) is 16.1 Å². The summed E-state index contributed by atoms with van der Waals surface area (Å²) in [5.74, 6) is 0.0675. The smallest absolute Gasteiger partial charge is 0.242 e. The summed E-state index contributed by atoms with van der Waals surface area (Å²) >= 11 is 0. The van der Waals surface area contributed by atoms with Gasteiger partial charge in [0.1, 0.15) is 6.04 Å². The van der Waals surface area contributed by atoms with Crippen molar-refractivity contribution in [1.82, 2.24) is 20.6 Å². The second-order valence-corrected chi connectivity index (χ2v) is 9.75. The van der Waals surface area contributed by atoms with Gasteiger partial charge in [0.05, 0.1) is 6.54 Å². The van der Waals surface area contributed by atoms with Gasteiger partial charge in [-0.3, -0.25) is 14.6 Å². The van der Waals surface area contributed by atoms with Crippen molar-refractivity contribution in [3.05, 3.63) is 90.4 Å². The summed E-state index contributed by atoms with van der Waals surface area (Å²) in [6.07, 6.45) is 7.29. The minimum absolute atomic E-state index is 0.0278. The molecule has 3 atom stereocenters. The lowest BCUT2D eigenvalue weighted by molar-refractivity contribution is -0.131. The molecule has 2 aromatic heterocycles. The summed E-state index contributed by atoms with van der Waals surface area (Å²) in [6, 6.07) is 22.4. The van der Waals surface area contributed by atoms with E-state index in [4.69, 9.17) is 0 Å². The van der Waals surface area contributed by atoms with Crippen LogP contribution in [0.25, 0.3) is 22.0 Å². The number of aromatic nitrogens is 2. The molecule has 0 bridgehead atoms. The molecule has 0 unspecified atom stereocenters. The highest BCUT2D eigenvalue weighted by Gasteiger charge is 2.29. The molecule has 1 fully saturated rings. The fourth-order valence-electron chi connectivity index (χ4n) is 5.17. The maximum Gasteiger partial charge on any atom is 0.242 e. The molecule has 2 heterocycles. The molecule has 6 heteroatoms. The summed E-state index contributed by atoms with van der Waals surface area (Å²) < 4.78 is 0. The van der Waals surface area contributed by atoms with Crippen LogP contribution in [0, 0.1) is 5.92 Å². The lowest BCUT2D eigenvalue weighted by Gasteiger charge is -2.29. The number of hydrogen-bond acceptors (Lipinski definition) is 3. The van der Waals surface area contributed by atoms with Crippen LogP contribution >= 0.6 is 0 Å². The van der Waals surface area contributed by atoms with Gasteiger partial charge >= 0.3 is 0 Å². The normalized spacial score (nSPS) is 18.5. The third-order valence-corrected chi connectivity index (χ3v) is 7.22. The van der Waals surface area contributed by atoms with Crippen molar-refractivity contribution in [3.8, 4) is 11.1 Å². The van der Waals surface area contributed by atoms with Crippen molar-refractivity contribution >= 4 is 22.7 Å². The average molecular weight is 481 g/mol. The maximum absolute atomic E-state index is 13.0. The van der Waals surface area contributed by atoms with Gasteiger partial charge < -0.3 is 15.6 Å². The van der Waals surface area contributed by atoms with E-state index in [0.717, 1.165) is 42.3 Å². The summed E-state index contributed by atoms with van der Waals surface area (Å²) in [4.78, 5) is 33.0. The fourth-order valence-corrected chi connectivity index (χ4v) is 5.17. The molecule has 0 spiro atoms. The highest BCUT2D eigenvalue weighted by atomic mass is 16.2. The number of carbonyl (C=O) groups excluding carboxylic acids is 2. The highest BCUT2D eigenvalue weighted by molar-refractivity contribution is 5.88. The van der Waals surface area contributed by atoms with Crippen LogP contribution in [-0.4, -0.2) is 27.8 Å². The quantitative estimate of drug-likeness (QED) is 0.334. The average Bonchev–Trinajstić information content (AvgIpc) is 3.35. The first-order valence-corrected chi connectivity index (χ1v) is 12.7. The number of benzene rings is 2. The zero-order valence-corrected chi connectivity index (χ0v) is 20.5. The zero-order chi connectivity index (χ0) is 24.9. The number of hydrogen-bond donors (Lipinski definition) is 3. The van der Waals surface area contributed by atoms with E-state index in [1.54, 1.807) is 19.3 Å². The summed E-state index contributed by atoms with van der Waals surface area (Å²) in [5, 5.41) is 6.86. The van der Waals surface area contributed by atoms with Crippen LogP contribution in [0.5, 0.6) is 0 Å². The molecular formula is C30H32N4O2. The summed E-state index contributed by atoms with van der Waals surface area (Å²) in [7, 11) is 0. The number of nitrogens with one attached hydrogen (secondary N) is 3. The topological polar surface area (TPSA) is 86.9 Å². The van der Waals surface area contributed by atoms with Gasteiger partial charge in [-0.25, -0.2) is 0 Å². The first-order chi connectivity index (χ1) is 17.6. The second kappa shape index (κ2) is 10.8. The molecule has 5 rings (SSSR count). The van der Waals surface area contributed by atoms with Gasteiger partial charge in [-0.05, 0) is 60.9 Å². The number of nitrogens with zero attached hydrogens (tertiary/aromatic N) is 1. The molecule has 0 saturated heterocycles. The third kappa shape index (κ3) is 5.48. The van der Waals surface area contributed by atoms with Crippen molar-refractivity contribution in [3.63, 3.8) is 0 Å². The summed E-state index contributed by atoms with van der Waals surface area (Å²) in [5.41, 5.74) is 5.58. The minimum atomic E-state index is -0.589. The Hall–Kier alpha value is -3.93. The lowest BCUT2D eigenvalue weighted by Crippen LogP contribution is -2.47. The SMILES string of the molecule is C[C@H](NC(=O)[C@@H]1CCC[C@H](c2ccc(-c3ccccc3)cc2)C1)C(=O)NCc1cc2cnccc2[nH]1. The molecule has 1 aliphatic carbocycles. The third-order valence-electron chi connectivity index (χ3n) is 7.22. The monoisotopic (exact) mass is 480 g/mol. The standard InChI is InChI=1S/C30H32N4O2/c1-20(29(35)32-19-27-17-26-18-31-15-14-28(26)34-27)33-30(36)25-9-5-8-24(16-25)23-12-10-22(11-13-23)21-6-3-2-4-7-21/h2-4,6-7,10-15,17-18,20,24-25,34H,5,8-9,16,19H2,1H3,(H,32,35)(H,33,36)/t20-,24-,25+/m0/s1. The number of H-pyrrole nitrogens is 1. The van der Waals surface area contributed by atoms with E-state index in [-0.39, 0.29) is 17.7 Å². The molecule has 6 nitrogen and oxygen atoms in total.